The fourth-order valence-electron chi connectivity index (χ4n) is 2.58. The third-order valence-corrected chi connectivity index (χ3v) is 3.84. The third-order valence-electron chi connectivity index (χ3n) is 3.84. The number of aliphatic carboxylic acids is 1. The molecule has 2 aromatic rings. The van der Waals surface area contributed by atoms with Gasteiger partial charge in [-0.1, -0.05) is 49.6 Å². The van der Waals surface area contributed by atoms with Crippen molar-refractivity contribution < 1.29 is 19.1 Å². The number of carbonyl (C=O) groups excluding carboxylic acids is 1. The van der Waals surface area contributed by atoms with Crippen LogP contribution < -0.4 is 5.32 Å². The van der Waals surface area contributed by atoms with E-state index in [9.17, 15) is 9.59 Å². The number of carboxylic acid groups (broad SMARTS) is 1. The number of amides is 1. The maximum absolute atomic E-state index is 12.4. The summed E-state index contributed by atoms with van der Waals surface area (Å²) in [6, 6.07) is 9.45. The van der Waals surface area contributed by atoms with Crippen LogP contribution in [0.2, 0.25) is 0 Å². The number of hydrogen-bond acceptors (Lipinski definition) is 4. The summed E-state index contributed by atoms with van der Waals surface area (Å²) in [6.07, 6.45) is 4.63. The number of benzene rings is 1. The number of carboxylic acids is 1. The van der Waals surface area contributed by atoms with Crippen molar-refractivity contribution in [3.8, 4) is 11.3 Å². The van der Waals surface area contributed by atoms with Gasteiger partial charge in [-0.2, -0.15) is 0 Å². The molecule has 1 aromatic carbocycles. The lowest BCUT2D eigenvalue weighted by Crippen LogP contribution is -2.25. The third kappa shape index (κ3) is 6.06. The molecular formula is C19H24N2O4. The van der Waals surface area contributed by atoms with E-state index in [1.54, 1.807) is 6.92 Å². The van der Waals surface area contributed by atoms with Crippen LogP contribution >= 0.6 is 0 Å². The van der Waals surface area contributed by atoms with Crippen molar-refractivity contribution in [2.45, 2.75) is 45.4 Å². The van der Waals surface area contributed by atoms with Gasteiger partial charge in [-0.25, -0.2) is 4.98 Å². The summed E-state index contributed by atoms with van der Waals surface area (Å²) in [5.74, 6) is -0.0299. The molecule has 0 saturated heterocycles. The monoisotopic (exact) mass is 344 g/mol. The molecule has 2 N–H and O–H groups in total. The first-order chi connectivity index (χ1) is 12.1. The van der Waals surface area contributed by atoms with E-state index in [2.05, 4.69) is 10.3 Å². The predicted molar refractivity (Wildman–Crippen MR) is 94.3 cm³/mol. The Hall–Kier alpha value is -2.63. The molecule has 1 heterocycles. The van der Waals surface area contributed by atoms with Crippen LogP contribution in [-0.2, 0) is 4.79 Å². The van der Waals surface area contributed by atoms with E-state index in [1.807, 2.05) is 30.3 Å². The quantitative estimate of drug-likeness (QED) is 0.639. The molecule has 0 aliphatic heterocycles. The molecule has 6 heteroatoms. The van der Waals surface area contributed by atoms with E-state index in [0.29, 0.717) is 30.3 Å². The molecule has 2 rings (SSSR count). The Morgan fingerprint density at radius 2 is 1.76 bits per heavy atom. The summed E-state index contributed by atoms with van der Waals surface area (Å²) in [5, 5.41) is 11.4. The van der Waals surface area contributed by atoms with Crippen LogP contribution in [-0.4, -0.2) is 28.5 Å². The number of carbonyl (C=O) groups is 2. The molecule has 134 valence electrons. The van der Waals surface area contributed by atoms with Gasteiger partial charge in [-0.3, -0.25) is 9.59 Å². The average Bonchev–Trinajstić information content (AvgIpc) is 2.99. The van der Waals surface area contributed by atoms with Crippen molar-refractivity contribution in [3.63, 3.8) is 0 Å². The van der Waals surface area contributed by atoms with E-state index in [0.717, 1.165) is 31.2 Å². The van der Waals surface area contributed by atoms with Crippen molar-refractivity contribution in [1.82, 2.24) is 10.3 Å². The Bertz CT molecular complexity index is 695. The lowest BCUT2D eigenvalue weighted by molar-refractivity contribution is -0.137. The highest BCUT2D eigenvalue weighted by atomic mass is 16.4. The molecule has 6 nitrogen and oxygen atoms in total. The molecule has 0 aliphatic carbocycles. The van der Waals surface area contributed by atoms with Gasteiger partial charge >= 0.3 is 5.97 Å². The second-order valence-electron chi connectivity index (χ2n) is 5.94. The molecule has 0 atom stereocenters. The van der Waals surface area contributed by atoms with E-state index >= 15 is 0 Å². The second-order valence-corrected chi connectivity index (χ2v) is 5.94. The van der Waals surface area contributed by atoms with Gasteiger partial charge in [0.05, 0.1) is 0 Å². The Morgan fingerprint density at radius 3 is 2.48 bits per heavy atom. The fourth-order valence-corrected chi connectivity index (χ4v) is 2.58. The van der Waals surface area contributed by atoms with Gasteiger partial charge in [0.15, 0.2) is 17.3 Å². The SMILES string of the molecule is Cc1nc(C(=O)NCCCCCCCC(=O)O)c(-c2ccccc2)o1. The summed E-state index contributed by atoms with van der Waals surface area (Å²) in [5.41, 5.74) is 1.14. The fraction of sp³-hybridized carbons (Fsp3) is 0.421. The molecule has 1 aromatic heterocycles. The first kappa shape index (κ1) is 18.7. The van der Waals surface area contributed by atoms with E-state index in [4.69, 9.17) is 9.52 Å². The van der Waals surface area contributed by atoms with Gasteiger partial charge in [0.25, 0.3) is 5.91 Å². The molecule has 0 fully saturated rings. The Labute approximate surface area is 147 Å². The van der Waals surface area contributed by atoms with Gasteiger partial charge in [0, 0.05) is 25.5 Å². The van der Waals surface area contributed by atoms with E-state index in [-0.39, 0.29) is 12.3 Å². The van der Waals surface area contributed by atoms with Gasteiger partial charge in [-0.05, 0) is 12.8 Å². The van der Waals surface area contributed by atoms with Crippen LogP contribution in [0.4, 0.5) is 0 Å². The predicted octanol–water partition coefficient (Wildman–Crippen LogP) is 3.81. The molecule has 25 heavy (non-hydrogen) atoms. The molecule has 0 unspecified atom stereocenters. The maximum Gasteiger partial charge on any atom is 0.303 e. The minimum Gasteiger partial charge on any atom is -0.481 e. The lowest BCUT2D eigenvalue weighted by Gasteiger charge is -2.05. The van der Waals surface area contributed by atoms with Crippen molar-refractivity contribution in [2.75, 3.05) is 6.54 Å². The van der Waals surface area contributed by atoms with Crippen LogP contribution in [0.1, 0.15) is 54.9 Å². The van der Waals surface area contributed by atoms with Crippen molar-refractivity contribution in [3.05, 3.63) is 41.9 Å². The molecule has 0 aliphatic rings. The normalized spacial score (nSPS) is 10.6. The molecule has 0 bridgehead atoms. The minimum atomic E-state index is -0.746. The number of nitrogens with one attached hydrogen (secondary N) is 1. The standard InChI is InChI=1S/C19H24N2O4/c1-14-21-17(18(25-14)15-10-6-5-7-11-15)19(24)20-13-9-4-2-3-8-12-16(22)23/h5-7,10-11H,2-4,8-9,12-13H2,1H3,(H,20,24)(H,22,23). The number of hydrogen-bond donors (Lipinski definition) is 2. The maximum atomic E-state index is 12.4. The zero-order chi connectivity index (χ0) is 18.1. The minimum absolute atomic E-state index is 0.227. The largest absolute Gasteiger partial charge is 0.481 e. The Kier molecular flexibility index (Phi) is 7.19. The second kappa shape index (κ2) is 9.61. The number of rotatable bonds is 10. The zero-order valence-corrected chi connectivity index (χ0v) is 14.5. The van der Waals surface area contributed by atoms with Gasteiger partial charge in [-0.15, -0.1) is 0 Å². The van der Waals surface area contributed by atoms with E-state index < -0.39 is 5.97 Å². The van der Waals surface area contributed by atoms with Crippen LogP contribution in [0.5, 0.6) is 0 Å². The van der Waals surface area contributed by atoms with Gasteiger partial charge < -0.3 is 14.8 Å². The highest BCUT2D eigenvalue weighted by molar-refractivity contribution is 5.97. The zero-order valence-electron chi connectivity index (χ0n) is 14.5. The summed E-state index contributed by atoms with van der Waals surface area (Å²) in [4.78, 5) is 27.0. The number of aryl methyl sites for hydroxylation is 1. The van der Waals surface area contributed by atoms with E-state index in [1.165, 1.54) is 0 Å². The summed E-state index contributed by atoms with van der Waals surface area (Å²) >= 11 is 0. The Balaban J connectivity index is 1.77. The number of aromatic nitrogens is 1. The molecule has 0 radical (unpaired) electrons. The summed E-state index contributed by atoms with van der Waals surface area (Å²) < 4.78 is 5.59. The van der Waals surface area contributed by atoms with Crippen LogP contribution in [0.15, 0.2) is 34.7 Å². The lowest BCUT2D eigenvalue weighted by atomic mass is 10.1. The number of nitrogens with zero attached hydrogens (tertiary/aromatic N) is 1. The van der Waals surface area contributed by atoms with Crippen molar-refractivity contribution in [1.29, 1.82) is 0 Å². The van der Waals surface area contributed by atoms with Crippen molar-refractivity contribution >= 4 is 11.9 Å². The highest BCUT2D eigenvalue weighted by Gasteiger charge is 2.19. The topological polar surface area (TPSA) is 92.4 Å². The molecule has 0 saturated carbocycles. The summed E-state index contributed by atoms with van der Waals surface area (Å²) in [7, 11) is 0. The van der Waals surface area contributed by atoms with Crippen LogP contribution in [0.3, 0.4) is 0 Å². The van der Waals surface area contributed by atoms with Crippen LogP contribution in [0.25, 0.3) is 11.3 Å². The molecule has 0 spiro atoms. The smallest absolute Gasteiger partial charge is 0.303 e. The first-order valence-corrected chi connectivity index (χ1v) is 8.61. The first-order valence-electron chi connectivity index (χ1n) is 8.61. The van der Waals surface area contributed by atoms with Gasteiger partial charge in [0.2, 0.25) is 0 Å². The molecule has 1 amide bonds. The number of oxazole rings is 1. The molecular weight excluding hydrogens is 320 g/mol. The van der Waals surface area contributed by atoms with Crippen LogP contribution in [0, 0.1) is 6.92 Å². The number of unbranched alkanes of at least 4 members (excludes halogenated alkanes) is 4. The highest BCUT2D eigenvalue weighted by Crippen LogP contribution is 2.24. The van der Waals surface area contributed by atoms with Crippen molar-refractivity contribution in [2.24, 2.45) is 0 Å². The summed E-state index contributed by atoms with van der Waals surface area (Å²) in [6.45, 7) is 2.29. The average molecular weight is 344 g/mol. The Morgan fingerprint density at radius 1 is 1.08 bits per heavy atom. The van der Waals surface area contributed by atoms with Gasteiger partial charge in [0.1, 0.15) is 0 Å².